The Bertz CT molecular complexity index is 1250. The standard InChI is InChI=1S/C23H23N5O3S/c1-2-31-23(30)22-19(13-32-16-6-4-3-5-7-16)28(15-8-9-15)18-10-11-20(29)17(21(18)22)12-27-14-24-25-26-27/h3-7,10-11,14-15,29H,2,8-9,12-13H2,1H3. The second-order valence-electron chi connectivity index (χ2n) is 7.71. The number of phenolic OH excluding ortho intramolecular Hbond substituents is 1. The summed E-state index contributed by atoms with van der Waals surface area (Å²) in [5.74, 6) is 0.354. The largest absolute Gasteiger partial charge is 0.508 e. The van der Waals surface area contributed by atoms with Gasteiger partial charge in [-0.2, -0.15) is 0 Å². The Hall–Kier alpha value is -3.33. The molecule has 0 atom stereocenters. The van der Waals surface area contributed by atoms with Gasteiger partial charge in [-0.05, 0) is 54.5 Å². The van der Waals surface area contributed by atoms with Gasteiger partial charge in [-0.25, -0.2) is 9.48 Å². The zero-order valence-corrected chi connectivity index (χ0v) is 18.5. The summed E-state index contributed by atoms with van der Waals surface area (Å²) in [6.45, 7) is 2.33. The monoisotopic (exact) mass is 449 g/mol. The van der Waals surface area contributed by atoms with E-state index in [2.05, 4.69) is 32.2 Å². The van der Waals surface area contributed by atoms with Gasteiger partial charge in [0.25, 0.3) is 0 Å². The first-order valence-corrected chi connectivity index (χ1v) is 11.6. The van der Waals surface area contributed by atoms with Crippen molar-refractivity contribution in [1.29, 1.82) is 0 Å². The first-order valence-electron chi connectivity index (χ1n) is 10.6. The van der Waals surface area contributed by atoms with Crippen LogP contribution in [-0.4, -0.2) is 42.5 Å². The number of tetrazole rings is 1. The molecule has 2 aromatic heterocycles. The number of esters is 1. The highest BCUT2D eigenvalue weighted by Gasteiger charge is 2.34. The smallest absolute Gasteiger partial charge is 0.340 e. The van der Waals surface area contributed by atoms with Gasteiger partial charge < -0.3 is 14.4 Å². The molecule has 8 nitrogen and oxygen atoms in total. The van der Waals surface area contributed by atoms with Crippen LogP contribution in [0.1, 0.15) is 47.4 Å². The highest BCUT2D eigenvalue weighted by molar-refractivity contribution is 7.98. The second-order valence-corrected chi connectivity index (χ2v) is 8.76. The zero-order valence-electron chi connectivity index (χ0n) is 17.6. The molecule has 1 aliphatic rings. The van der Waals surface area contributed by atoms with Crippen LogP contribution in [0, 0.1) is 0 Å². The Kier molecular flexibility index (Phi) is 5.57. The van der Waals surface area contributed by atoms with Crippen LogP contribution >= 0.6 is 11.8 Å². The molecule has 32 heavy (non-hydrogen) atoms. The molecule has 1 fully saturated rings. The van der Waals surface area contributed by atoms with E-state index < -0.39 is 0 Å². The first-order chi connectivity index (χ1) is 15.7. The van der Waals surface area contributed by atoms with Gasteiger partial charge in [-0.3, -0.25) is 0 Å². The van der Waals surface area contributed by atoms with Gasteiger partial charge in [0.2, 0.25) is 0 Å². The van der Waals surface area contributed by atoms with Crippen molar-refractivity contribution in [3.05, 3.63) is 65.6 Å². The lowest BCUT2D eigenvalue weighted by Crippen LogP contribution is -2.10. The predicted octanol–water partition coefficient (Wildman–Crippen LogP) is 4.19. The molecule has 4 aromatic rings. The summed E-state index contributed by atoms with van der Waals surface area (Å²) >= 11 is 1.68. The van der Waals surface area contributed by atoms with Gasteiger partial charge in [0.05, 0.1) is 24.2 Å². The van der Waals surface area contributed by atoms with Crippen molar-refractivity contribution in [1.82, 2.24) is 24.8 Å². The molecule has 5 rings (SSSR count). The lowest BCUT2D eigenvalue weighted by Gasteiger charge is -2.11. The summed E-state index contributed by atoms with van der Waals surface area (Å²) in [5, 5.41) is 22.8. The maximum Gasteiger partial charge on any atom is 0.340 e. The quantitative estimate of drug-likeness (QED) is 0.318. The van der Waals surface area contributed by atoms with Crippen molar-refractivity contribution in [3.63, 3.8) is 0 Å². The number of thioether (sulfide) groups is 1. The molecule has 164 valence electrons. The summed E-state index contributed by atoms with van der Waals surface area (Å²) in [4.78, 5) is 14.4. The maximum absolute atomic E-state index is 13.2. The van der Waals surface area contributed by atoms with Crippen LogP contribution in [0.25, 0.3) is 10.9 Å². The highest BCUT2D eigenvalue weighted by Crippen LogP contribution is 2.45. The van der Waals surface area contributed by atoms with Gasteiger partial charge in [0, 0.05) is 33.3 Å². The Morgan fingerprint density at radius 1 is 1.22 bits per heavy atom. The lowest BCUT2D eigenvalue weighted by atomic mass is 10.0. The molecule has 0 aliphatic heterocycles. The molecule has 1 aliphatic carbocycles. The van der Waals surface area contributed by atoms with Crippen LogP contribution in [0.5, 0.6) is 5.75 Å². The van der Waals surface area contributed by atoms with Crippen LogP contribution in [0.2, 0.25) is 0 Å². The van der Waals surface area contributed by atoms with Crippen LogP contribution < -0.4 is 0 Å². The van der Waals surface area contributed by atoms with E-state index in [0.717, 1.165) is 34.3 Å². The molecule has 0 bridgehead atoms. The first kappa shape index (κ1) is 20.6. The van der Waals surface area contributed by atoms with E-state index in [1.807, 2.05) is 24.3 Å². The molecule has 0 amide bonds. The minimum atomic E-state index is -0.371. The van der Waals surface area contributed by atoms with E-state index in [4.69, 9.17) is 4.74 Å². The third-order valence-corrected chi connectivity index (χ3v) is 6.60. The third kappa shape index (κ3) is 3.84. The molecule has 0 radical (unpaired) electrons. The molecule has 0 spiro atoms. The van der Waals surface area contributed by atoms with Crippen LogP contribution in [0.3, 0.4) is 0 Å². The number of fused-ring (bicyclic) bond motifs is 1. The normalized spacial score (nSPS) is 13.5. The number of ether oxygens (including phenoxy) is 1. The number of benzene rings is 2. The van der Waals surface area contributed by atoms with Gasteiger partial charge in [-0.15, -0.1) is 16.9 Å². The Morgan fingerprint density at radius 3 is 2.72 bits per heavy atom. The van der Waals surface area contributed by atoms with Crippen molar-refractivity contribution in [2.75, 3.05) is 6.61 Å². The van der Waals surface area contributed by atoms with E-state index in [0.29, 0.717) is 22.9 Å². The average Bonchev–Trinajstić information content (AvgIpc) is 3.39. The molecular formula is C23H23N5O3S. The number of aromatic hydroxyl groups is 1. The molecule has 2 aromatic carbocycles. The van der Waals surface area contributed by atoms with Crippen molar-refractivity contribution in [3.8, 4) is 5.75 Å². The van der Waals surface area contributed by atoms with Crippen molar-refractivity contribution >= 4 is 28.6 Å². The SMILES string of the molecule is CCOC(=O)c1c(CSc2ccccc2)n(C2CC2)c2ccc(O)c(Cn3cnnn3)c12. The average molecular weight is 450 g/mol. The molecule has 2 heterocycles. The fraction of sp³-hybridized carbons (Fsp3) is 0.304. The zero-order chi connectivity index (χ0) is 22.1. The summed E-state index contributed by atoms with van der Waals surface area (Å²) in [7, 11) is 0. The van der Waals surface area contributed by atoms with E-state index >= 15 is 0 Å². The minimum Gasteiger partial charge on any atom is -0.508 e. The summed E-state index contributed by atoms with van der Waals surface area (Å²) in [6, 6.07) is 14.1. The topological polar surface area (TPSA) is 95.1 Å². The molecule has 9 heteroatoms. The van der Waals surface area contributed by atoms with Gasteiger partial charge in [-0.1, -0.05) is 18.2 Å². The van der Waals surface area contributed by atoms with Crippen LogP contribution in [-0.2, 0) is 17.0 Å². The lowest BCUT2D eigenvalue weighted by molar-refractivity contribution is 0.0527. The summed E-state index contributed by atoms with van der Waals surface area (Å²) in [5.41, 5.74) is 3.00. The van der Waals surface area contributed by atoms with Gasteiger partial charge in [0.15, 0.2) is 0 Å². The number of aromatic nitrogens is 5. The van der Waals surface area contributed by atoms with Crippen molar-refractivity contribution < 1.29 is 14.6 Å². The molecule has 1 saturated carbocycles. The Morgan fingerprint density at radius 2 is 2.03 bits per heavy atom. The van der Waals surface area contributed by atoms with Crippen molar-refractivity contribution in [2.24, 2.45) is 0 Å². The van der Waals surface area contributed by atoms with Gasteiger partial charge >= 0.3 is 5.97 Å². The fourth-order valence-corrected chi connectivity index (χ4v) is 5.01. The number of hydrogen-bond donors (Lipinski definition) is 1. The summed E-state index contributed by atoms with van der Waals surface area (Å²) in [6.07, 6.45) is 3.63. The summed E-state index contributed by atoms with van der Waals surface area (Å²) < 4.78 is 9.28. The van der Waals surface area contributed by atoms with Gasteiger partial charge in [0.1, 0.15) is 12.1 Å². The fourth-order valence-electron chi connectivity index (χ4n) is 4.07. The Labute approximate surface area is 189 Å². The maximum atomic E-state index is 13.2. The van der Waals surface area contributed by atoms with Crippen LogP contribution in [0.4, 0.5) is 0 Å². The molecule has 0 saturated heterocycles. The van der Waals surface area contributed by atoms with Crippen LogP contribution in [0.15, 0.2) is 53.7 Å². The predicted molar refractivity (Wildman–Crippen MR) is 121 cm³/mol. The highest BCUT2D eigenvalue weighted by atomic mass is 32.2. The number of hydrogen-bond acceptors (Lipinski definition) is 7. The second kappa shape index (κ2) is 8.66. The number of rotatable bonds is 8. The Balaban J connectivity index is 1.70. The van der Waals surface area contributed by atoms with E-state index in [9.17, 15) is 9.90 Å². The number of carbonyl (C=O) groups is 1. The number of nitrogens with zero attached hydrogens (tertiary/aromatic N) is 5. The minimum absolute atomic E-state index is 0.105. The van der Waals surface area contributed by atoms with Crippen molar-refractivity contribution in [2.45, 2.75) is 43.0 Å². The number of carbonyl (C=O) groups excluding carboxylic acids is 1. The van der Waals surface area contributed by atoms with E-state index in [1.54, 1.807) is 24.8 Å². The molecular weight excluding hydrogens is 426 g/mol. The number of phenols is 1. The van der Waals surface area contributed by atoms with E-state index in [1.165, 1.54) is 11.0 Å². The molecule has 0 unspecified atom stereocenters. The third-order valence-electron chi connectivity index (χ3n) is 5.58. The molecule has 1 N–H and O–H groups in total. The van der Waals surface area contributed by atoms with E-state index in [-0.39, 0.29) is 24.9 Å².